The molecule has 4 heteroatoms. The lowest BCUT2D eigenvalue weighted by Crippen LogP contribution is -2.50. The maximum atomic E-state index is 10.5. The monoisotopic (exact) mass is 564 g/mol. The van der Waals surface area contributed by atoms with Crippen LogP contribution in [0.1, 0.15) is 116 Å². The van der Waals surface area contributed by atoms with Crippen molar-refractivity contribution in [2.24, 2.45) is 46.3 Å². The lowest BCUT2D eigenvalue weighted by molar-refractivity contribution is -0.0573. The average Bonchev–Trinajstić information content (AvgIpc) is 3.30. The molecule has 0 radical (unpaired) electrons. The van der Waals surface area contributed by atoms with Crippen LogP contribution in [0.2, 0.25) is 0 Å². The van der Waals surface area contributed by atoms with Crippen LogP contribution in [-0.2, 0) is 0 Å². The molecule has 0 spiro atoms. The fraction of sp³-hybridized carbons (Fsp3) is 0.703. The number of benzene rings is 1. The zero-order valence-corrected chi connectivity index (χ0v) is 26.4. The van der Waals surface area contributed by atoms with E-state index < -0.39 is 5.97 Å². The van der Waals surface area contributed by atoms with Crippen molar-refractivity contribution in [3.8, 4) is 5.75 Å². The normalized spacial score (nSPS) is 34.7. The van der Waals surface area contributed by atoms with Crippen molar-refractivity contribution >= 4 is 5.97 Å². The van der Waals surface area contributed by atoms with E-state index >= 15 is 0 Å². The SMILES string of the molecule is C=CCOc1ccc(C(=O)O)cc1.CC(C)CCC[C@@H](C)[C@H]1CC[C@H]2[C@@H]3CC=C4C[C@@H](O)CC[C@]4(C)[C@H]3CC[C@]12C. The molecule has 1 aromatic carbocycles. The molecule has 0 saturated heterocycles. The fourth-order valence-electron chi connectivity index (χ4n) is 9.52. The second-order valence-corrected chi connectivity index (χ2v) is 14.6. The lowest BCUT2D eigenvalue weighted by Gasteiger charge is -2.58. The van der Waals surface area contributed by atoms with E-state index in [1.54, 1.807) is 23.8 Å². The highest BCUT2D eigenvalue weighted by molar-refractivity contribution is 5.87. The zero-order valence-electron chi connectivity index (χ0n) is 26.4. The number of carboxylic acids is 1. The van der Waals surface area contributed by atoms with E-state index in [0.29, 0.717) is 23.2 Å². The van der Waals surface area contributed by atoms with Gasteiger partial charge in [0.05, 0.1) is 11.7 Å². The Labute approximate surface area is 249 Å². The number of aromatic carboxylic acids is 1. The third-order valence-electron chi connectivity index (χ3n) is 11.7. The summed E-state index contributed by atoms with van der Waals surface area (Å²) in [5.41, 5.74) is 2.86. The van der Waals surface area contributed by atoms with E-state index in [9.17, 15) is 9.90 Å². The van der Waals surface area contributed by atoms with Crippen molar-refractivity contribution in [1.29, 1.82) is 0 Å². The summed E-state index contributed by atoms with van der Waals surface area (Å²) < 4.78 is 5.18. The van der Waals surface area contributed by atoms with Crippen LogP contribution in [0.25, 0.3) is 0 Å². The first-order valence-corrected chi connectivity index (χ1v) is 16.4. The Morgan fingerprint density at radius 2 is 1.78 bits per heavy atom. The van der Waals surface area contributed by atoms with Crippen molar-refractivity contribution in [2.75, 3.05) is 6.61 Å². The first-order valence-electron chi connectivity index (χ1n) is 16.4. The number of ether oxygens (including phenoxy) is 1. The summed E-state index contributed by atoms with van der Waals surface area (Å²) in [5.74, 6) is 5.17. The van der Waals surface area contributed by atoms with Gasteiger partial charge in [0.25, 0.3) is 0 Å². The second-order valence-electron chi connectivity index (χ2n) is 14.6. The van der Waals surface area contributed by atoms with Gasteiger partial charge < -0.3 is 14.9 Å². The number of allylic oxidation sites excluding steroid dienone is 1. The Kier molecular flexibility index (Phi) is 10.5. The minimum Gasteiger partial charge on any atom is -0.490 e. The largest absolute Gasteiger partial charge is 0.490 e. The Morgan fingerprint density at radius 3 is 2.44 bits per heavy atom. The average molecular weight is 565 g/mol. The topological polar surface area (TPSA) is 66.8 Å². The summed E-state index contributed by atoms with van der Waals surface area (Å²) >= 11 is 0. The van der Waals surface area contributed by atoms with Crippen LogP contribution in [0, 0.1) is 46.3 Å². The molecule has 0 amide bonds. The van der Waals surface area contributed by atoms with Gasteiger partial charge in [-0.05, 0) is 122 Å². The summed E-state index contributed by atoms with van der Waals surface area (Å²) in [5, 5.41) is 18.8. The number of rotatable bonds is 9. The third kappa shape index (κ3) is 6.95. The van der Waals surface area contributed by atoms with Crippen molar-refractivity contribution in [3.05, 3.63) is 54.1 Å². The number of aliphatic hydroxyl groups excluding tert-OH is 1. The van der Waals surface area contributed by atoms with Crippen molar-refractivity contribution in [1.82, 2.24) is 0 Å². The number of carbonyl (C=O) groups is 1. The lowest BCUT2D eigenvalue weighted by atomic mass is 9.47. The molecule has 0 bridgehead atoms. The maximum Gasteiger partial charge on any atom is 0.335 e. The molecule has 2 N–H and O–H groups in total. The van der Waals surface area contributed by atoms with Crippen LogP contribution in [0.3, 0.4) is 0 Å². The van der Waals surface area contributed by atoms with Crippen LogP contribution in [0.4, 0.5) is 0 Å². The molecule has 0 aliphatic heterocycles. The van der Waals surface area contributed by atoms with Crippen LogP contribution >= 0.6 is 0 Å². The summed E-state index contributed by atoms with van der Waals surface area (Å²) in [6, 6.07) is 6.24. The molecule has 1 aromatic rings. The predicted octanol–water partition coefficient (Wildman–Crippen LogP) is 9.34. The minimum absolute atomic E-state index is 0.0766. The molecule has 41 heavy (non-hydrogen) atoms. The van der Waals surface area contributed by atoms with Crippen molar-refractivity contribution < 1.29 is 19.7 Å². The Morgan fingerprint density at radius 1 is 1.05 bits per heavy atom. The summed E-state index contributed by atoms with van der Waals surface area (Å²) in [6.45, 7) is 16.5. The Bertz CT molecular complexity index is 1060. The number of carboxylic acid groups (broad SMARTS) is 1. The van der Waals surface area contributed by atoms with Gasteiger partial charge >= 0.3 is 5.97 Å². The minimum atomic E-state index is -0.935. The fourth-order valence-corrected chi connectivity index (χ4v) is 9.52. The van der Waals surface area contributed by atoms with Gasteiger partial charge in [0.2, 0.25) is 0 Å². The zero-order chi connectivity index (χ0) is 29.8. The van der Waals surface area contributed by atoms with Crippen LogP contribution in [0.5, 0.6) is 5.75 Å². The van der Waals surface area contributed by atoms with E-state index in [2.05, 4.69) is 47.3 Å². The molecule has 3 saturated carbocycles. The number of hydrogen-bond donors (Lipinski definition) is 2. The molecule has 0 unspecified atom stereocenters. The van der Waals surface area contributed by atoms with Gasteiger partial charge in [0.1, 0.15) is 12.4 Å². The van der Waals surface area contributed by atoms with Gasteiger partial charge in [-0.3, -0.25) is 0 Å². The first kappa shape index (κ1) is 31.9. The first-order chi connectivity index (χ1) is 19.5. The highest BCUT2D eigenvalue weighted by Crippen LogP contribution is 2.67. The molecular weight excluding hydrogens is 508 g/mol. The highest BCUT2D eigenvalue weighted by atomic mass is 16.5. The van der Waals surface area contributed by atoms with Gasteiger partial charge in [-0.15, -0.1) is 0 Å². The molecule has 228 valence electrons. The molecule has 0 heterocycles. The van der Waals surface area contributed by atoms with Crippen LogP contribution in [0.15, 0.2) is 48.6 Å². The molecule has 5 rings (SSSR count). The number of aliphatic hydroxyl groups is 1. The second kappa shape index (κ2) is 13.5. The smallest absolute Gasteiger partial charge is 0.335 e. The van der Waals surface area contributed by atoms with Crippen LogP contribution in [-0.4, -0.2) is 28.9 Å². The maximum absolute atomic E-state index is 10.5. The molecule has 4 aliphatic carbocycles. The van der Waals surface area contributed by atoms with Gasteiger partial charge in [-0.25, -0.2) is 4.79 Å². The van der Waals surface area contributed by atoms with E-state index in [0.717, 1.165) is 48.3 Å². The number of hydrogen-bond acceptors (Lipinski definition) is 3. The van der Waals surface area contributed by atoms with E-state index in [4.69, 9.17) is 9.84 Å². The van der Waals surface area contributed by atoms with E-state index in [1.165, 1.54) is 69.9 Å². The van der Waals surface area contributed by atoms with Gasteiger partial charge in [0.15, 0.2) is 0 Å². The van der Waals surface area contributed by atoms with Crippen LogP contribution < -0.4 is 4.74 Å². The van der Waals surface area contributed by atoms with E-state index in [1.807, 2.05) is 0 Å². The summed E-state index contributed by atoms with van der Waals surface area (Å²) in [6.07, 6.45) is 18.8. The standard InChI is InChI=1S/C27H46O.C10H10O3/c1-18(2)7-6-8-19(3)23-11-12-24-22-10-9-20-17-21(28)13-15-26(20,4)25(22)14-16-27(23,24)5;1-2-7-13-9-5-3-8(4-6-9)10(11)12/h9,18-19,21-25,28H,6-8,10-17H2,1-5H3;2-6H,1,7H2,(H,11,12)/t19-,21+,22+,23-,24+,25+,26+,27-;/m1./s1. The van der Waals surface area contributed by atoms with Gasteiger partial charge in [-0.2, -0.15) is 0 Å². The third-order valence-corrected chi connectivity index (χ3v) is 11.7. The summed E-state index contributed by atoms with van der Waals surface area (Å²) in [7, 11) is 0. The van der Waals surface area contributed by atoms with Gasteiger partial charge in [-0.1, -0.05) is 78.2 Å². The predicted molar refractivity (Wildman–Crippen MR) is 168 cm³/mol. The van der Waals surface area contributed by atoms with Gasteiger partial charge in [0, 0.05) is 0 Å². The molecule has 4 aliphatic rings. The Balaban J connectivity index is 0.000000251. The molecular formula is C37H56O4. The quantitative estimate of drug-likeness (QED) is 0.293. The van der Waals surface area contributed by atoms with Crippen molar-refractivity contribution in [3.63, 3.8) is 0 Å². The molecule has 8 atom stereocenters. The highest BCUT2D eigenvalue weighted by Gasteiger charge is 2.59. The molecule has 4 nitrogen and oxygen atoms in total. The molecule has 0 aromatic heterocycles. The number of fused-ring (bicyclic) bond motifs is 5. The molecule has 3 fully saturated rings. The Hall–Kier alpha value is -2.07. The summed E-state index contributed by atoms with van der Waals surface area (Å²) in [4.78, 5) is 10.5. The van der Waals surface area contributed by atoms with E-state index in [-0.39, 0.29) is 11.7 Å². The van der Waals surface area contributed by atoms with Crippen molar-refractivity contribution in [2.45, 2.75) is 111 Å².